The van der Waals surface area contributed by atoms with E-state index in [1.807, 2.05) is 0 Å². The van der Waals surface area contributed by atoms with E-state index in [1.165, 1.54) is 129 Å². The quantitative estimate of drug-likeness (QED) is 0.184. The van der Waals surface area contributed by atoms with Crippen molar-refractivity contribution in [2.75, 3.05) is 27.7 Å². The van der Waals surface area contributed by atoms with Crippen LogP contribution in [0.15, 0.2) is 0 Å². The first-order chi connectivity index (χ1) is 12.1. The molecule has 0 aromatic heterocycles. The van der Waals surface area contributed by atoms with Crippen molar-refractivity contribution in [1.82, 2.24) is 0 Å². The molecule has 0 fully saturated rings. The molecule has 0 atom stereocenters. The van der Waals surface area contributed by atoms with E-state index in [0.717, 1.165) is 4.48 Å². The smallest absolute Gasteiger partial charge is 0.0780 e. The second-order valence-corrected chi connectivity index (χ2v) is 9.38. The van der Waals surface area contributed by atoms with Crippen molar-refractivity contribution in [1.29, 1.82) is 0 Å². The molecule has 160 valence electrons. The van der Waals surface area contributed by atoms with E-state index in [9.17, 15) is 0 Å². The van der Waals surface area contributed by atoms with Crippen LogP contribution in [0.4, 0.5) is 0 Å². The zero-order valence-electron chi connectivity index (χ0n) is 19.0. The normalized spacial score (nSPS) is 11.5. The molecule has 0 N–H and O–H groups in total. The highest BCUT2D eigenvalue weighted by molar-refractivity contribution is 4.50. The highest BCUT2D eigenvalue weighted by Crippen LogP contribution is 2.14. The molecule has 1 nitrogen and oxygen atoms in total. The van der Waals surface area contributed by atoms with Gasteiger partial charge in [0.25, 0.3) is 0 Å². The Hall–Kier alpha value is 0.440. The van der Waals surface area contributed by atoms with Gasteiger partial charge in [-0.2, -0.15) is 0 Å². The molecule has 0 aromatic rings. The van der Waals surface area contributed by atoms with Gasteiger partial charge in [-0.05, 0) is 12.8 Å². The summed E-state index contributed by atoms with van der Waals surface area (Å²) in [6.07, 6.45) is 27.8. The summed E-state index contributed by atoms with van der Waals surface area (Å²) in [6, 6.07) is 0. The summed E-state index contributed by atoms with van der Waals surface area (Å²) in [5.74, 6) is 0. The monoisotopic (exact) mass is 433 g/mol. The first-order valence-electron chi connectivity index (χ1n) is 11.9. The van der Waals surface area contributed by atoms with Crippen molar-refractivity contribution >= 4 is 0 Å². The van der Waals surface area contributed by atoms with E-state index in [4.69, 9.17) is 0 Å². The van der Waals surface area contributed by atoms with Crippen molar-refractivity contribution in [2.45, 2.75) is 129 Å². The lowest BCUT2D eigenvalue weighted by molar-refractivity contribution is -0.870. The van der Waals surface area contributed by atoms with Crippen LogP contribution in [0.25, 0.3) is 0 Å². The van der Waals surface area contributed by atoms with Gasteiger partial charge in [0.2, 0.25) is 0 Å². The maximum Gasteiger partial charge on any atom is 0.0780 e. The summed E-state index contributed by atoms with van der Waals surface area (Å²) in [5, 5.41) is 0. The first kappa shape index (κ1) is 28.6. The van der Waals surface area contributed by atoms with Crippen molar-refractivity contribution in [3.63, 3.8) is 0 Å². The Kier molecular flexibility index (Phi) is 24.0. The van der Waals surface area contributed by atoms with E-state index in [0.29, 0.717) is 0 Å². The Labute approximate surface area is 178 Å². The molecule has 0 aliphatic carbocycles. The van der Waals surface area contributed by atoms with Gasteiger partial charge >= 0.3 is 0 Å². The summed E-state index contributed by atoms with van der Waals surface area (Å²) in [6.45, 7) is 3.63. The number of unbranched alkanes of at least 4 members (excludes halogenated alkanes) is 18. The van der Waals surface area contributed by atoms with Crippen molar-refractivity contribution in [3.8, 4) is 0 Å². The third kappa shape index (κ3) is 26.7. The molecule has 0 heterocycles. The Morgan fingerprint density at radius 3 is 0.846 bits per heavy atom. The zero-order chi connectivity index (χ0) is 18.6. The molecule has 0 rings (SSSR count). The largest absolute Gasteiger partial charge is 1.00 e. The number of halogens is 1. The fourth-order valence-corrected chi connectivity index (χ4v) is 3.66. The molecule has 0 aliphatic heterocycles. The Morgan fingerprint density at radius 1 is 0.385 bits per heavy atom. The molecule has 26 heavy (non-hydrogen) atoms. The number of quaternary nitrogens is 1. The third-order valence-corrected chi connectivity index (χ3v) is 5.43. The van der Waals surface area contributed by atoms with Gasteiger partial charge in [0.05, 0.1) is 27.7 Å². The van der Waals surface area contributed by atoms with Crippen molar-refractivity contribution in [3.05, 3.63) is 0 Å². The summed E-state index contributed by atoms with van der Waals surface area (Å²) in [7, 11) is 6.90. The lowest BCUT2D eigenvalue weighted by Crippen LogP contribution is -3.00. The summed E-state index contributed by atoms with van der Waals surface area (Å²) < 4.78 is 1.12. The molecule has 0 saturated carbocycles. The number of nitrogens with zero attached hydrogens (tertiary/aromatic N) is 1. The van der Waals surface area contributed by atoms with Gasteiger partial charge in [-0.1, -0.05) is 116 Å². The summed E-state index contributed by atoms with van der Waals surface area (Å²) >= 11 is 0. The van der Waals surface area contributed by atoms with Gasteiger partial charge in [0, 0.05) is 0 Å². The number of rotatable bonds is 20. The van der Waals surface area contributed by atoms with Gasteiger partial charge in [-0.15, -0.1) is 0 Å². The zero-order valence-corrected chi connectivity index (χ0v) is 20.6. The molecule has 0 bridgehead atoms. The topological polar surface area (TPSA) is 0 Å². The lowest BCUT2D eigenvalue weighted by atomic mass is 10.0. The lowest BCUT2D eigenvalue weighted by Gasteiger charge is -2.23. The molecule has 0 saturated heterocycles. The molecule has 0 spiro atoms. The van der Waals surface area contributed by atoms with E-state index in [-0.39, 0.29) is 17.0 Å². The van der Waals surface area contributed by atoms with Crippen LogP contribution >= 0.6 is 0 Å². The van der Waals surface area contributed by atoms with Gasteiger partial charge < -0.3 is 21.5 Å². The van der Waals surface area contributed by atoms with Crippen LogP contribution in [-0.2, 0) is 0 Å². The molecular formula is C24H52BrN. The van der Waals surface area contributed by atoms with Crippen molar-refractivity contribution in [2.24, 2.45) is 0 Å². The maximum absolute atomic E-state index is 2.30. The Bertz CT molecular complexity index is 247. The minimum atomic E-state index is 0. The minimum Gasteiger partial charge on any atom is -1.00 e. The SMILES string of the molecule is CCCCCCCCCCCCCCCCCCCCC[N+](C)(C)C.[Br-]. The molecule has 2 heteroatoms. The van der Waals surface area contributed by atoms with E-state index < -0.39 is 0 Å². The molecule has 0 aromatic carbocycles. The molecule has 0 amide bonds. The second-order valence-electron chi connectivity index (χ2n) is 9.38. The van der Waals surface area contributed by atoms with Gasteiger partial charge in [-0.3, -0.25) is 0 Å². The summed E-state index contributed by atoms with van der Waals surface area (Å²) in [4.78, 5) is 0. The van der Waals surface area contributed by atoms with E-state index in [2.05, 4.69) is 28.1 Å². The van der Waals surface area contributed by atoms with Crippen LogP contribution in [0.1, 0.15) is 129 Å². The van der Waals surface area contributed by atoms with E-state index in [1.54, 1.807) is 0 Å². The van der Waals surface area contributed by atoms with Crippen LogP contribution < -0.4 is 17.0 Å². The summed E-state index contributed by atoms with van der Waals surface area (Å²) in [5.41, 5.74) is 0. The highest BCUT2D eigenvalue weighted by atomic mass is 79.9. The van der Waals surface area contributed by atoms with Crippen LogP contribution in [-0.4, -0.2) is 32.2 Å². The van der Waals surface area contributed by atoms with Gasteiger partial charge in [0.15, 0.2) is 0 Å². The molecular weight excluding hydrogens is 382 g/mol. The fraction of sp³-hybridized carbons (Fsp3) is 1.00. The standard InChI is InChI=1S/C24H52N.BrH/c1-5-6-7-8-9-10-11-12-13-14-15-16-17-18-19-20-21-22-23-24-25(2,3)4;/h5-24H2,1-4H3;1H/q+1;/p-1. The Balaban J connectivity index is 0. The van der Waals surface area contributed by atoms with Crippen LogP contribution in [0.3, 0.4) is 0 Å². The highest BCUT2D eigenvalue weighted by Gasteiger charge is 2.04. The van der Waals surface area contributed by atoms with Crippen LogP contribution in [0.5, 0.6) is 0 Å². The third-order valence-electron chi connectivity index (χ3n) is 5.43. The second kappa shape index (κ2) is 21.7. The maximum atomic E-state index is 2.30. The fourth-order valence-electron chi connectivity index (χ4n) is 3.66. The molecule has 0 radical (unpaired) electrons. The van der Waals surface area contributed by atoms with Crippen LogP contribution in [0.2, 0.25) is 0 Å². The number of hydrogen-bond acceptors (Lipinski definition) is 0. The Morgan fingerprint density at radius 2 is 0.615 bits per heavy atom. The average molecular weight is 435 g/mol. The minimum absolute atomic E-state index is 0. The number of hydrogen-bond donors (Lipinski definition) is 0. The van der Waals surface area contributed by atoms with E-state index >= 15 is 0 Å². The van der Waals surface area contributed by atoms with Gasteiger partial charge in [-0.25, -0.2) is 0 Å². The molecule has 0 unspecified atom stereocenters. The molecule has 0 aliphatic rings. The predicted molar refractivity (Wildman–Crippen MR) is 116 cm³/mol. The average Bonchev–Trinajstić information content (AvgIpc) is 2.56. The van der Waals surface area contributed by atoms with Crippen LogP contribution in [0, 0.1) is 0 Å². The predicted octanol–water partition coefficient (Wildman–Crippen LogP) is 5.13. The first-order valence-corrected chi connectivity index (χ1v) is 11.9. The van der Waals surface area contributed by atoms with Gasteiger partial charge in [0.1, 0.15) is 0 Å². The van der Waals surface area contributed by atoms with Crippen molar-refractivity contribution < 1.29 is 21.5 Å².